The zero-order valence-corrected chi connectivity index (χ0v) is 19.3. The van der Waals surface area contributed by atoms with E-state index in [1.54, 1.807) is 18.3 Å². The van der Waals surface area contributed by atoms with Gasteiger partial charge < -0.3 is 30.4 Å². The molecule has 0 radical (unpaired) electrons. The summed E-state index contributed by atoms with van der Waals surface area (Å²) in [6.45, 7) is 8.92. The van der Waals surface area contributed by atoms with Gasteiger partial charge in [0.2, 0.25) is 11.8 Å². The van der Waals surface area contributed by atoms with E-state index in [-0.39, 0.29) is 11.8 Å². The number of piperazine rings is 1. The van der Waals surface area contributed by atoms with E-state index in [9.17, 15) is 4.79 Å². The van der Waals surface area contributed by atoms with Crippen LogP contribution in [0.2, 0.25) is 0 Å². The molecular weight excluding hydrogens is 436 g/mol. The summed E-state index contributed by atoms with van der Waals surface area (Å²) in [5, 5.41) is 14.7. The Morgan fingerprint density at radius 2 is 2.03 bits per heavy atom. The van der Waals surface area contributed by atoms with E-state index < -0.39 is 5.60 Å². The second-order valence-corrected chi connectivity index (χ2v) is 8.97. The van der Waals surface area contributed by atoms with E-state index in [4.69, 9.17) is 14.9 Å². The van der Waals surface area contributed by atoms with E-state index in [2.05, 4.69) is 35.7 Å². The molecule has 4 heterocycles. The molecule has 1 saturated heterocycles. The fraction of sp³-hybridized carbons (Fsp3) is 0.435. The first-order chi connectivity index (χ1) is 16.4. The molecule has 0 unspecified atom stereocenters. The number of cyclic esters (lactones) is 1. The van der Waals surface area contributed by atoms with Crippen LogP contribution in [0.5, 0.6) is 0 Å². The van der Waals surface area contributed by atoms with Crippen molar-refractivity contribution in [1.29, 1.82) is 0 Å². The number of rotatable bonds is 7. The molecule has 3 aromatic rings. The molecule has 0 bridgehead atoms. The number of carbonyl (C=O) groups is 1. The third-order valence-corrected chi connectivity index (χ3v) is 6.08. The molecule has 1 aromatic carbocycles. The highest BCUT2D eigenvalue weighted by Crippen LogP contribution is 2.37. The number of fused-ring (bicyclic) bond motifs is 1. The van der Waals surface area contributed by atoms with Gasteiger partial charge in [-0.2, -0.15) is 4.98 Å². The first-order valence-electron chi connectivity index (χ1n) is 11.4. The lowest BCUT2D eigenvalue weighted by molar-refractivity contribution is 0.00955. The molecule has 0 amide bonds. The SMILES string of the molecule is CC1(C)OC(=O)c2ccc(Nc3ncc(-c4nnc(CCCN5CCNCC5)o4)c(N)n3)cc21. The smallest absolute Gasteiger partial charge is 0.339 e. The Hall–Kier alpha value is -3.57. The number of aromatic nitrogens is 4. The molecule has 34 heavy (non-hydrogen) atoms. The van der Waals surface area contributed by atoms with Gasteiger partial charge in [-0.25, -0.2) is 9.78 Å². The molecule has 0 atom stereocenters. The van der Waals surface area contributed by atoms with Gasteiger partial charge in [0.25, 0.3) is 5.89 Å². The third kappa shape index (κ3) is 4.57. The number of nitrogen functional groups attached to an aromatic ring is 1. The van der Waals surface area contributed by atoms with Crippen molar-refractivity contribution in [1.82, 2.24) is 30.4 Å². The van der Waals surface area contributed by atoms with Crippen LogP contribution >= 0.6 is 0 Å². The third-order valence-electron chi connectivity index (χ3n) is 6.08. The summed E-state index contributed by atoms with van der Waals surface area (Å²) in [7, 11) is 0. The number of esters is 1. The summed E-state index contributed by atoms with van der Waals surface area (Å²) in [5.74, 6) is 1.10. The largest absolute Gasteiger partial charge is 0.451 e. The lowest BCUT2D eigenvalue weighted by Gasteiger charge is -2.26. The van der Waals surface area contributed by atoms with Crippen LogP contribution in [-0.2, 0) is 16.8 Å². The van der Waals surface area contributed by atoms with Crippen LogP contribution in [0.1, 0.15) is 42.1 Å². The number of carbonyl (C=O) groups excluding carboxylic acids is 1. The maximum absolute atomic E-state index is 12.0. The number of hydrogen-bond donors (Lipinski definition) is 3. The molecule has 0 spiro atoms. The van der Waals surface area contributed by atoms with E-state index in [0.29, 0.717) is 35.3 Å². The molecule has 2 aliphatic rings. The van der Waals surface area contributed by atoms with Crippen LogP contribution in [-0.4, -0.2) is 63.8 Å². The summed E-state index contributed by atoms with van der Waals surface area (Å²) in [4.78, 5) is 23.1. The number of anilines is 3. The Labute approximate surface area is 197 Å². The molecule has 5 rings (SSSR count). The minimum absolute atomic E-state index is 0.230. The van der Waals surface area contributed by atoms with E-state index >= 15 is 0 Å². The second-order valence-electron chi connectivity index (χ2n) is 8.97. The maximum atomic E-state index is 12.0. The topological polar surface area (TPSA) is 144 Å². The van der Waals surface area contributed by atoms with Crippen LogP contribution in [0.3, 0.4) is 0 Å². The van der Waals surface area contributed by atoms with Crippen LogP contribution < -0.4 is 16.4 Å². The molecule has 1 fully saturated rings. The second kappa shape index (κ2) is 8.99. The maximum Gasteiger partial charge on any atom is 0.339 e. The van der Waals surface area contributed by atoms with E-state index in [1.165, 1.54) is 0 Å². The van der Waals surface area contributed by atoms with Gasteiger partial charge in [-0.15, -0.1) is 10.2 Å². The van der Waals surface area contributed by atoms with Crippen molar-refractivity contribution in [2.75, 3.05) is 43.8 Å². The van der Waals surface area contributed by atoms with Crippen molar-refractivity contribution in [3.63, 3.8) is 0 Å². The summed E-state index contributed by atoms with van der Waals surface area (Å²) in [6, 6.07) is 5.37. The highest BCUT2D eigenvalue weighted by atomic mass is 16.6. The Bertz CT molecular complexity index is 1200. The summed E-state index contributed by atoms with van der Waals surface area (Å²) in [5.41, 5.74) is 8.06. The quantitative estimate of drug-likeness (QED) is 0.442. The normalized spacial score (nSPS) is 17.4. The van der Waals surface area contributed by atoms with Crippen LogP contribution in [0.4, 0.5) is 17.5 Å². The molecule has 178 valence electrons. The van der Waals surface area contributed by atoms with Crippen molar-refractivity contribution in [2.45, 2.75) is 32.3 Å². The number of ether oxygens (including phenoxy) is 1. The van der Waals surface area contributed by atoms with Crippen LogP contribution in [0.15, 0.2) is 28.8 Å². The van der Waals surface area contributed by atoms with E-state index in [0.717, 1.165) is 50.4 Å². The monoisotopic (exact) mass is 464 g/mol. The van der Waals surface area contributed by atoms with Gasteiger partial charge in [0, 0.05) is 50.0 Å². The lowest BCUT2D eigenvalue weighted by atomic mass is 9.95. The number of hydrogen-bond acceptors (Lipinski definition) is 11. The zero-order valence-electron chi connectivity index (χ0n) is 19.3. The zero-order chi connectivity index (χ0) is 23.7. The Balaban J connectivity index is 1.24. The fourth-order valence-corrected chi connectivity index (χ4v) is 4.24. The summed E-state index contributed by atoms with van der Waals surface area (Å²) < 4.78 is 11.2. The molecule has 0 saturated carbocycles. The Morgan fingerprint density at radius 1 is 1.21 bits per heavy atom. The molecule has 2 aromatic heterocycles. The number of nitrogens with zero attached hydrogens (tertiary/aromatic N) is 5. The van der Waals surface area contributed by atoms with Gasteiger partial charge in [-0.05, 0) is 45.0 Å². The van der Waals surface area contributed by atoms with E-state index in [1.807, 2.05) is 19.9 Å². The average Bonchev–Trinajstić information content (AvgIpc) is 3.36. The predicted molar refractivity (Wildman–Crippen MR) is 126 cm³/mol. The van der Waals surface area contributed by atoms with Crippen molar-refractivity contribution < 1.29 is 13.9 Å². The Kier molecular flexibility index (Phi) is 5.88. The molecule has 4 N–H and O–H groups in total. The van der Waals surface area contributed by atoms with Crippen molar-refractivity contribution >= 4 is 23.4 Å². The van der Waals surface area contributed by atoms with Crippen molar-refractivity contribution in [3.8, 4) is 11.5 Å². The number of aryl methyl sites for hydroxylation is 1. The van der Waals surface area contributed by atoms with Crippen LogP contribution in [0.25, 0.3) is 11.5 Å². The standard InChI is InChI=1S/C23H28N8O3/c1-23(2)17-12-14(5-6-15(17)21(32)34-23)27-22-26-13-16(19(24)28-22)20-30-29-18(33-20)4-3-9-31-10-7-25-8-11-31/h5-6,12-13,25H,3-4,7-11H2,1-2H3,(H3,24,26,27,28). The highest BCUT2D eigenvalue weighted by Gasteiger charge is 2.37. The molecule has 11 heteroatoms. The first-order valence-corrected chi connectivity index (χ1v) is 11.4. The van der Waals surface area contributed by atoms with Crippen molar-refractivity contribution in [2.24, 2.45) is 0 Å². The van der Waals surface area contributed by atoms with Gasteiger partial charge in [0.15, 0.2) is 0 Å². The molecule has 0 aliphatic carbocycles. The predicted octanol–water partition coefficient (Wildman–Crippen LogP) is 2.10. The molecule has 11 nitrogen and oxygen atoms in total. The van der Waals surface area contributed by atoms with Gasteiger partial charge in [-0.3, -0.25) is 0 Å². The summed E-state index contributed by atoms with van der Waals surface area (Å²) >= 11 is 0. The first kappa shape index (κ1) is 22.2. The Morgan fingerprint density at radius 3 is 2.82 bits per heavy atom. The number of nitrogens with one attached hydrogen (secondary N) is 2. The highest BCUT2D eigenvalue weighted by molar-refractivity contribution is 5.95. The van der Waals surface area contributed by atoms with Gasteiger partial charge in [0.1, 0.15) is 11.4 Å². The van der Waals surface area contributed by atoms with Crippen molar-refractivity contribution in [3.05, 3.63) is 41.4 Å². The fourth-order valence-electron chi connectivity index (χ4n) is 4.24. The van der Waals surface area contributed by atoms with Gasteiger partial charge in [0.05, 0.1) is 11.1 Å². The van der Waals surface area contributed by atoms with Gasteiger partial charge >= 0.3 is 5.97 Å². The van der Waals surface area contributed by atoms with Crippen LogP contribution in [0, 0.1) is 0 Å². The van der Waals surface area contributed by atoms with Gasteiger partial charge in [-0.1, -0.05) is 0 Å². The lowest BCUT2D eigenvalue weighted by Crippen LogP contribution is -2.43. The number of nitrogens with two attached hydrogens (primary N) is 1. The number of benzene rings is 1. The molecular formula is C23H28N8O3. The summed E-state index contributed by atoms with van der Waals surface area (Å²) in [6.07, 6.45) is 3.22. The molecule has 2 aliphatic heterocycles. The minimum Gasteiger partial charge on any atom is -0.451 e. The minimum atomic E-state index is -0.686. The average molecular weight is 465 g/mol.